The minimum atomic E-state index is -0.590. The fourth-order valence-electron chi connectivity index (χ4n) is 1.84. The molecule has 102 valence electrons. The van der Waals surface area contributed by atoms with Crippen molar-refractivity contribution in [2.75, 3.05) is 18.5 Å². The Morgan fingerprint density at radius 1 is 1.37 bits per heavy atom. The SMILES string of the molecule is NC(=O)c1ccc(Cl)c(NC(=O)C2COCC2N)c1. The van der Waals surface area contributed by atoms with E-state index in [1.165, 1.54) is 18.2 Å². The van der Waals surface area contributed by atoms with Gasteiger partial charge < -0.3 is 21.5 Å². The maximum absolute atomic E-state index is 12.0. The van der Waals surface area contributed by atoms with Crippen LogP contribution in [0.15, 0.2) is 18.2 Å². The average molecular weight is 284 g/mol. The molecule has 19 heavy (non-hydrogen) atoms. The van der Waals surface area contributed by atoms with Gasteiger partial charge in [-0.05, 0) is 18.2 Å². The number of carbonyl (C=O) groups is 2. The van der Waals surface area contributed by atoms with Crippen LogP contribution in [-0.2, 0) is 9.53 Å². The fourth-order valence-corrected chi connectivity index (χ4v) is 2.01. The number of halogens is 1. The van der Waals surface area contributed by atoms with Gasteiger partial charge in [-0.1, -0.05) is 11.6 Å². The lowest BCUT2D eigenvalue weighted by Crippen LogP contribution is -2.37. The summed E-state index contributed by atoms with van der Waals surface area (Å²) in [7, 11) is 0. The molecule has 1 saturated heterocycles. The van der Waals surface area contributed by atoms with Crippen molar-refractivity contribution < 1.29 is 14.3 Å². The Morgan fingerprint density at radius 3 is 2.68 bits per heavy atom. The monoisotopic (exact) mass is 283 g/mol. The van der Waals surface area contributed by atoms with E-state index in [4.69, 9.17) is 27.8 Å². The van der Waals surface area contributed by atoms with E-state index in [1.807, 2.05) is 0 Å². The quantitative estimate of drug-likeness (QED) is 0.744. The van der Waals surface area contributed by atoms with Gasteiger partial charge in [0.05, 0.1) is 29.8 Å². The summed E-state index contributed by atoms with van der Waals surface area (Å²) < 4.78 is 5.13. The molecule has 1 fully saturated rings. The molecule has 0 aliphatic carbocycles. The largest absolute Gasteiger partial charge is 0.379 e. The highest BCUT2D eigenvalue weighted by molar-refractivity contribution is 6.33. The van der Waals surface area contributed by atoms with Crippen LogP contribution >= 0.6 is 11.6 Å². The average Bonchev–Trinajstić information content (AvgIpc) is 2.78. The number of rotatable bonds is 3. The van der Waals surface area contributed by atoms with Crippen LogP contribution in [0.25, 0.3) is 0 Å². The molecule has 1 aromatic rings. The minimum Gasteiger partial charge on any atom is -0.379 e. The molecule has 0 saturated carbocycles. The second kappa shape index (κ2) is 5.56. The molecule has 0 aromatic heterocycles. The number of nitrogens with one attached hydrogen (secondary N) is 1. The van der Waals surface area contributed by atoms with Crippen LogP contribution in [0.4, 0.5) is 5.69 Å². The summed E-state index contributed by atoms with van der Waals surface area (Å²) in [6, 6.07) is 4.09. The third kappa shape index (κ3) is 3.04. The highest BCUT2D eigenvalue weighted by Crippen LogP contribution is 2.24. The van der Waals surface area contributed by atoms with Crippen molar-refractivity contribution >= 4 is 29.1 Å². The summed E-state index contributed by atoms with van der Waals surface area (Å²) in [5.41, 5.74) is 11.5. The van der Waals surface area contributed by atoms with Crippen LogP contribution in [-0.4, -0.2) is 31.1 Å². The van der Waals surface area contributed by atoms with Crippen LogP contribution in [0.3, 0.4) is 0 Å². The van der Waals surface area contributed by atoms with Gasteiger partial charge in [0.15, 0.2) is 0 Å². The molecule has 1 heterocycles. The van der Waals surface area contributed by atoms with Gasteiger partial charge >= 0.3 is 0 Å². The lowest BCUT2D eigenvalue weighted by Gasteiger charge is -2.14. The van der Waals surface area contributed by atoms with Crippen molar-refractivity contribution in [2.45, 2.75) is 6.04 Å². The van der Waals surface area contributed by atoms with Gasteiger partial charge in [-0.15, -0.1) is 0 Å². The van der Waals surface area contributed by atoms with Crippen molar-refractivity contribution in [2.24, 2.45) is 17.4 Å². The molecule has 2 rings (SSSR count). The maximum atomic E-state index is 12.0. The lowest BCUT2D eigenvalue weighted by molar-refractivity contribution is -0.120. The van der Waals surface area contributed by atoms with Gasteiger partial charge in [0.1, 0.15) is 0 Å². The number of benzene rings is 1. The Morgan fingerprint density at radius 2 is 2.11 bits per heavy atom. The van der Waals surface area contributed by atoms with Crippen molar-refractivity contribution in [3.8, 4) is 0 Å². The summed E-state index contributed by atoms with van der Waals surface area (Å²) in [6.45, 7) is 0.632. The molecule has 0 bridgehead atoms. The molecule has 0 radical (unpaired) electrons. The van der Waals surface area contributed by atoms with E-state index in [1.54, 1.807) is 0 Å². The number of carbonyl (C=O) groups excluding carboxylic acids is 2. The first-order valence-electron chi connectivity index (χ1n) is 5.72. The van der Waals surface area contributed by atoms with Crippen molar-refractivity contribution in [1.82, 2.24) is 0 Å². The number of primary amides is 1. The first-order valence-corrected chi connectivity index (χ1v) is 6.10. The smallest absolute Gasteiger partial charge is 0.248 e. The van der Waals surface area contributed by atoms with Gasteiger partial charge in [-0.3, -0.25) is 9.59 Å². The molecule has 6 nitrogen and oxygen atoms in total. The van der Waals surface area contributed by atoms with Crippen LogP contribution in [0, 0.1) is 5.92 Å². The third-order valence-electron chi connectivity index (χ3n) is 2.97. The number of amides is 2. The molecule has 2 amide bonds. The van der Waals surface area contributed by atoms with E-state index in [9.17, 15) is 9.59 Å². The minimum absolute atomic E-state index is 0.270. The maximum Gasteiger partial charge on any atom is 0.248 e. The summed E-state index contributed by atoms with van der Waals surface area (Å²) in [4.78, 5) is 23.1. The first kappa shape index (κ1) is 13.8. The van der Waals surface area contributed by atoms with E-state index in [2.05, 4.69) is 5.32 Å². The fraction of sp³-hybridized carbons (Fsp3) is 0.333. The molecule has 5 N–H and O–H groups in total. The number of hydrogen-bond donors (Lipinski definition) is 3. The Labute approximate surface area is 115 Å². The Hall–Kier alpha value is -1.63. The summed E-state index contributed by atoms with van der Waals surface area (Å²) in [6.07, 6.45) is 0. The molecule has 7 heteroatoms. The third-order valence-corrected chi connectivity index (χ3v) is 3.30. The summed E-state index contributed by atoms with van der Waals surface area (Å²) in [5, 5.41) is 2.96. The molecule has 2 atom stereocenters. The van der Waals surface area contributed by atoms with Crippen LogP contribution in [0.2, 0.25) is 5.02 Å². The predicted molar refractivity (Wildman–Crippen MR) is 70.9 cm³/mol. The van der Waals surface area contributed by atoms with Crippen molar-refractivity contribution in [3.63, 3.8) is 0 Å². The molecular weight excluding hydrogens is 270 g/mol. The molecule has 1 aliphatic rings. The van der Waals surface area contributed by atoms with Gasteiger partial charge in [0, 0.05) is 11.6 Å². The number of anilines is 1. The second-order valence-corrected chi connectivity index (χ2v) is 4.76. The lowest BCUT2D eigenvalue weighted by atomic mass is 10.0. The standard InChI is InChI=1S/C12H14ClN3O3/c13-8-2-1-6(11(15)17)3-10(8)16-12(18)7-4-19-5-9(7)14/h1-3,7,9H,4-5,14H2,(H2,15,17)(H,16,18). The normalized spacial score (nSPS) is 22.2. The van der Waals surface area contributed by atoms with Crippen LogP contribution in [0.1, 0.15) is 10.4 Å². The van der Waals surface area contributed by atoms with Crippen LogP contribution < -0.4 is 16.8 Å². The molecule has 2 unspecified atom stereocenters. The van der Waals surface area contributed by atoms with Gasteiger partial charge in [-0.25, -0.2) is 0 Å². The first-order chi connectivity index (χ1) is 8.99. The zero-order chi connectivity index (χ0) is 14.0. The predicted octanol–water partition coefficient (Wildman–Crippen LogP) is 0.351. The number of ether oxygens (including phenoxy) is 1. The molecule has 0 spiro atoms. The van der Waals surface area contributed by atoms with Gasteiger partial charge in [0.25, 0.3) is 0 Å². The van der Waals surface area contributed by atoms with E-state index in [-0.39, 0.29) is 24.1 Å². The zero-order valence-corrected chi connectivity index (χ0v) is 10.8. The molecular formula is C12H14ClN3O3. The molecule has 1 aromatic carbocycles. The highest BCUT2D eigenvalue weighted by Gasteiger charge is 2.31. The van der Waals surface area contributed by atoms with E-state index >= 15 is 0 Å². The summed E-state index contributed by atoms with van der Waals surface area (Å²) in [5.74, 6) is -1.30. The summed E-state index contributed by atoms with van der Waals surface area (Å²) >= 11 is 5.96. The van der Waals surface area contributed by atoms with Crippen LogP contribution in [0.5, 0.6) is 0 Å². The van der Waals surface area contributed by atoms with E-state index < -0.39 is 11.8 Å². The topological polar surface area (TPSA) is 107 Å². The highest BCUT2D eigenvalue weighted by atomic mass is 35.5. The zero-order valence-electron chi connectivity index (χ0n) is 10.1. The number of hydrogen-bond acceptors (Lipinski definition) is 4. The Balaban J connectivity index is 2.16. The van der Waals surface area contributed by atoms with E-state index in [0.717, 1.165) is 0 Å². The van der Waals surface area contributed by atoms with Crippen molar-refractivity contribution in [3.05, 3.63) is 28.8 Å². The Kier molecular flexibility index (Phi) is 4.04. The van der Waals surface area contributed by atoms with Gasteiger partial charge in [-0.2, -0.15) is 0 Å². The number of nitrogens with two attached hydrogens (primary N) is 2. The molecule has 1 aliphatic heterocycles. The Bertz CT molecular complexity index is 521. The second-order valence-electron chi connectivity index (χ2n) is 4.36. The van der Waals surface area contributed by atoms with Crippen molar-refractivity contribution in [1.29, 1.82) is 0 Å². The van der Waals surface area contributed by atoms with E-state index in [0.29, 0.717) is 17.3 Å². The van der Waals surface area contributed by atoms with Gasteiger partial charge in [0.2, 0.25) is 11.8 Å².